The number of aromatic amines is 2. The van der Waals surface area contributed by atoms with Crippen molar-refractivity contribution < 1.29 is 0 Å². The van der Waals surface area contributed by atoms with E-state index in [1.54, 1.807) is 6.07 Å². The van der Waals surface area contributed by atoms with Crippen molar-refractivity contribution >= 4 is 16.7 Å². The molecule has 1 aromatic carbocycles. The maximum absolute atomic E-state index is 11.3. The number of hydrogen-bond acceptors (Lipinski definition) is 4. The Morgan fingerprint density at radius 1 is 1.10 bits per heavy atom. The van der Waals surface area contributed by atoms with Crippen molar-refractivity contribution in [2.45, 2.75) is 25.3 Å². The second-order valence-corrected chi connectivity index (χ2v) is 5.20. The summed E-state index contributed by atoms with van der Waals surface area (Å²) in [5.74, 6) is 0. The van der Waals surface area contributed by atoms with Crippen LogP contribution in [0.4, 0.5) is 5.69 Å². The molecule has 2 aromatic rings. The minimum Gasteiger partial charge on any atom is -0.383 e. The first-order valence-electron chi connectivity index (χ1n) is 6.96. The highest BCUT2D eigenvalue weighted by Crippen LogP contribution is 2.14. The lowest BCUT2D eigenvalue weighted by atomic mass is 10.1. The lowest BCUT2D eigenvalue weighted by Gasteiger charge is -2.24. The molecule has 1 aliphatic heterocycles. The zero-order valence-corrected chi connectivity index (χ0v) is 11.2. The van der Waals surface area contributed by atoms with E-state index in [-0.39, 0.29) is 0 Å². The van der Waals surface area contributed by atoms with Crippen LogP contribution in [0.1, 0.15) is 19.3 Å². The Kier molecular flexibility index (Phi) is 3.56. The SMILES string of the molecule is O=c1[nH]c2ccc(NCC3CCCCN3)cc2[nH]c1=O. The molecule has 3 rings (SSSR count). The van der Waals surface area contributed by atoms with Gasteiger partial charge >= 0.3 is 11.1 Å². The fourth-order valence-electron chi connectivity index (χ4n) is 2.56. The Hall–Kier alpha value is -2.08. The largest absolute Gasteiger partial charge is 0.383 e. The van der Waals surface area contributed by atoms with Gasteiger partial charge in [-0.3, -0.25) is 9.59 Å². The van der Waals surface area contributed by atoms with Crippen molar-refractivity contribution in [1.82, 2.24) is 15.3 Å². The van der Waals surface area contributed by atoms with Crippen LogP contribution in [0.5, 0.6) is 0 Å². The summed E-state index contributed by atoms with van der Waals surface area (Å²) in [5.41, 5.74) is 0.966. The number of fused-ring (bicyclic) bond motifs is 1. The Bertz CT molecular complexity index is 713. The number of piperidine rings is 1. The van der Waals surface area contributed by atoms with Crippen LogP contribution in [-0.4, -0.2) is 29.1 Å². The lowest BCUT2D eigenvalue weighted by molar-refractivity contribution is 0.414. The summed E-state index contributed by atoms with van der Waals surface area (Å²) in [7, 11) is 0. The summed E-state index contributed by atoms with van der Waals surface area (Å²) < 4.78 is 0. The number of nitrogens with one attached hydrogen (secondary N) is 4. The smallest absolute Gasteiger partial charge is 0.314 e. The molecule has 6 heteroatoms. The molecule has 0 amide bonds. The molecule has 1 saturated heterocycles. The molecule has 4 N–H and O–H groups in total. The van der Waals surface area contributed by atoms with Crippen LogP contribution < -0.4 is 21.8 Å². The number of rotatable bonds is 3. The maximum atomic E-state index is 11.3. The van der Waals surface area contributed by atoms with Gasteiger partial charge in [0, 0.05) is 18.3 Å². The molecule has 1 aromatic heterocycles. The van der Waals surface area contributed by atoms with E-state index in [0.717, 1.165) is 18.8 Å². The highest BCUT2D eigenvalue weighted by atomic mass is 16.2. The lowest BCUT2D eigenvalue weighted by Crippen LogP contribution is -2.39. The third-order valence-corrected chi connectivity index (χ3v) is 3.69. The Morgan fingerprint density at radius 2 is 1.90 bits per heavy atom. The quantitative estimate of drug-likeness (QED) is 0.622. The van der Waals surface area contributed by atoms with Crippen LogP contribution in [-0.2, 0) is 0 Å². The van der Waals surface area contributed by atoms with Crippen LogP contribution >= 0.6 is 0 Å². The molecule has 0 saturated carbocycles. The maximum Gasteiger partial charge on any atom is 0.314 e. The summed E-state index contributed by atoms with van der Waals surface area (Å²) >= 11 is 0. The van der Waals surface area contributed by atoms with E-state index in [9.17, 15) is 9.59 Å². The normalized spacial score (nSPS) is 19.1. The molecule has 20 heavy (non-hydrogen) atoms. The van der Waals surface area contributed by atoms with Gasteiger partial charge in [0.1, 0.15) is 0 Å². The van der Waals surface area contributed by atoms with Crippen molar-refractivity contribution in [3.05, 3.63) is 38.9 Å². The van der Waals surface area contributed by atoms with Gasteiger partial charge < -0.3 is 20.6 Å². The first-order valence-corrected chi connectivity index (χ1v) is 6.96. The highest BCUT2D eigenvalue weighted by molar-refractivity contribution is 5.78. The first-order chi connectivity index (χ1) is 9.72. The van der Waals surface area contributed by atoms with Gasteiger partial charge in [-0.15, -0.1) is 0 Å². The van der Waals surface area contributed by atoms with Crippen molar-refractivity contribution in [2.75, 3.05) is 18.4 Å². The topological polar surface area (TPSA) is 89.8 Å². The van der Waals surface area contributed by atoms with Crippen molar-refractivity contribution in [1.29, 1.82) is 0 Å². The van der Waals surface area contributed by atoms with Crippen molar-refractivity contribution in [2.24, 2.45) is 0 Å². The second-order valence-electron chi connectivity index (χ2n) is 5.20. The number of benzene rings is 1. The summed E-state index contributed by atoms with van der Waals surface area (Å²) in [4.78, 5) is 27.7. The minimum absolute atomic E-state index is 0.495. The third kappa shape index (κ3) is 2.75. The molecule has 1 aliphatic rings. The third-order valence-electron chi connectivity index (χ3n) is 3.69. The summed E-state index contributed by atoms with van der Waals surface area (Å²) in [5, 5.41) is 6.84. The molecule has 1 fully saturated rings. The predicted octanol–water partition coefficient (Wildman–Crippen LogP) is 0.770. The number of H-pyrrole nitrogens is 2. The molecule has 0 aliphatic carbocycles. The van der Waals surface area contributed by atoms with E-state index < -0.39 is 11.1 Å². The Morgan fingerprint density at radius 3 is 2.65 bits per heavy atom. The predicted molar refractivity (Wildman–Crippen MR) is 79.3 cm³/mol. The molecule has 1 unspecified atom stereocenters. The van der Waals surface area contributed by atoms with Crippen LogP contribution in [0.15, 0.2) is 27.8 Å². The van der Waals surface area contributed by atoms with Crippen molar-refractivity contribution in [3.8, 4) is 0 Å². The van der Waals surface area contributed by atoms with Gasteiger partial charge in [-0.05, 0) is 37.6 Å². The summed E-state index contributed by atoms with van der Waals surface area (Å²) in [6.45, 7) is 1.94. The number of anilines is 1. The molecular weight excluding hydrogens is 256 g/mol. The molecule has 2 heterocycles. The van der Waals surface area contributed by atoms with E-state index in [4.69, 9.17) is 0 Å². The van der Waals surface area contributed by atoms with Gasteiger partial charge in [0.2, 0.25) is 0 Å². The first kappa shape index (κ1) is 12.9. The molecule has 6 nitrogen and oxygen atoms in total. The van der Waals surface area contributed by atoms with Crippen LogP contribution in [0.3, 0.4) is 0 Å². The van der Waals surface area contributed by atoms with Gasteiger partial charge in [0.15, 0.2) is 0 Å². The molecular formula is C14H18N4O2. The van der Waals surface area contributed by atoms with E-state index >= 15 is 0 Å². The second kappa shape index (κ2) is 5.50. The standard InChI is InChI=1S/C14H18N4O2/c19-13-14(20)18-12-7-9(4-5-11(12)17-13)16-8-10-3-1-2-6-15-10/h4-5,7,10,15-16H,1-3,6,8H2,(H,17,19)(H,18,20). The highest BCUT2D eigenvalue weighted by Gasteiger charge is 2.11. The average molecular weight is 274 g/mol. The molecule has 106 valence electrons. The van der Waals surface area contributed by atoms with E-state index in [2.05, 4.69) is 20.6 Å². The zero-order chi connectivity index (χ0) is 13.9. The minimum atomic E-state index is -0.622. The van der Waals surface area contributed by atoms with Crippen molar-refractivity contribution in [3.63, 3.8) is 0 Å². The Labute approximate surface area is 115 Å². The molecule has 0 bridgehead atoms. The molecule has 0 spiro atoms. The monoisotopic (exact) mass is 274 g/mol. The molecule has 1 atom stereocenters. The van der Waals surface area contributed by atoms with Gasteiger partial charge in [-0.1, -0.05) is 6.42 Å². The van der Waals surface area contributed by atoms with Gasteiger partial charge in [0.05, 0.1) is 11.0 Å². The van der Waals surface area contributed by atoms with Crippen LogP contribution in [0.2, 0.25) is 0 Å². The van der Waals surface area contributed by atoms with Crippen LogP contribution in [0.25, 0.3) is 11.0 Å². The van der Waals surface area contributed by atoms with Gasteiger partial charge in [-0.2, -0.15) is 0 Å². The Balaban J connectivity index is 1.76. The fraction of sp³-hybridized carbons (Fsp3) is 0.429. The number of aromatic nitrogens is 2. The van der Waals surface area contributed by atoms with Gasteiger partial charge in [0.25, 0.3) is 0 Å². The summed E-state index contributed by atoms with van der Waals surface area (Å²) in [6, 6.07) is 6.03. The van der Waals surface area contributed by atoms with Gasteiger partial charge in [-0.25, -0.2) is 0 Å². The molecule has 0 radical (unpaired) electrons. The zero-order valence-electron chi connectivity index (χ0n) is 11.2. The average Bonchev–Trinajstić information content (AvgIpc) is 2.47. The fourth-order valence-corrected chi connectivity index (χ4v) is 2.56. The van der Waals surface area contributed by atoms with Crippen LogP contribution in [0, 0.1) is 0 Å². The van der Waals surface area contributed by atoms with E-state index in [1.165, 1.54) is 19.3 Å². The van der Waals surface area contributed by atoms with E-state index in [0.29, 0.717) is 17.1 Å². The summed E-state index contributed by atoms with van der Waals surface area (Å²) in [6.07, 6.45) is 3.71. The van der Waals surface area contributed by atoms with E-state index in [1.807, 2.05) is 12.1 Å². The number of hydrogen-bond donors (Lipinski definition) is 4.